The SMILES string of the molecule is Cc1ccoc1C(=O)NC1CCCN(Cc2ccccc2)C1. The van der Waals surface area contributed by atoms with Crippen molar-refractivity contribution < 1.29 is 9.21 Å². The van der Waals surface area contributed by atoms with Crippen LogP contribution in [0.5, 0.6) is 0 Å². The van der Waals surface area contributed by atoms with Gasteiger partial charge >= 0.3 is 0 Å². The quantitative estimate of drug-likeness (QED) is 0.944. The highest BCUT2D eigenvalue weighted by Crippen LogP contribution is 2.15. The summed E-state index contributed by atoms with van der Waals surface area (Å²) in [7, 11) is 0. The lowest BCUT2D eigenvalue weighted by molar-refractivity contribution is 0.0872. The first-order valence-corrected chi connectivity index (χ1v) is 7.83. The molecule has 4 nitrogen and oxygen atoms in total. The number of carbonyl (C=O) groups is 1. The lowest BCUT2D eigenvalue weighted by atomic mass is 10.0. The van der Waals surface area contributed by atoms with E-state index in [1.54, 1.807) is 6.26 Å². The number of amides is 1. The second-order valence-electron chi connectivity index (χ2n) is 5.97. The smallest absolute Gasteiger partial charge is 0.287 e. The molecule has 0 saturated carbocycles. The van der Waals surface area contributed by atoms with Crippen LogP contribution >= 0.6 is 0 Å². The number of likely N-dealkylation sites (tertiary alicyclic amines) is 1. The van der Waals surface area contributed by atoms with Gasteiger partial charge in [0, 0.05) is 24.7 Å². The molecule has 4 heteroatoms. The first-order valence-electron chi connectivity index (χ1n) is 7.83. The number of hydrogen-bond acceptors (Lipinski definition) is 3. The van der Waals surface area contributed by atoms with Crippen LogP contribution in [0.2, 0.25) is 0 Å². The molecule has 1 aromatic heterocycles. The highest BCUT2D eigenvalue weighted by molar-refractivity contribution is 5.93. The van der Waals surface area contributed by atoms with E-state index in [2.05, 4.69) is 34.5 Å². The van der Waals surface area contributed by atoms with Crippen molar-refractivity contribution in [3.05, 3.63) is 59.5 Å². The van der Waals surface area contributed by atoms with E-state index >= 15 is 0 Å². The molecule has 1 atom stereocenters. The zero-order valence-electron chi connectivity index (χ0n) is 12.9. The fraction of sp³-hybridized carbons (Fsp3) is 0.389. The number of nitrogens with zero attached hydrogens (tertiary/aromatic N) is 1. The molecule has 2 aromatic rings. The minimum Gasteiger partial charge on any atom is -0.459 e. The van der Waals surface area contributed by atoms with Gasteiger partial charge in [0.1, 0.15) is 0 Å². The fourth-order valence-electron chi connectivity index (χ4n) is 3.01. The van der Waals surface area contributed by atoms with Crippen LogP contribution in [-0.2, 0) is 6.54 Å². The summed E-state index contributed by atoms with van der Waals surface area (Å²) in [6, 6.07) is 12.5. The zero-order valence-corrected chi connectivity index (χ0v) is 12.9. The number of aryl methyl sites for hydroxylation is 1. The van der Waals surface area contributed by atoms with Crippen molar-refractivity contribution >= 4 is 5.91 Å². The van der Waals surface area contributed by atoms with Crippen molar-refractivity contribution in [2.24, 2.45) is 0 Å². The molecule has 1 unspecified atom stereocenters. The van der Waals surface area contributed by atoms with Gasteiger partial charge in [-0.2, -0.15) is 0 Å². The summed E-state index contributed by atoms with van der Waals surface area (Å²) in [5.41, 5.74) is 2.20. The van der Waals surface area contributed by atoms with E-state index < -0.39 is 0 Å². The van der Waals surface area contributed by atoms with Crippen molar-refractivity contribution in [2.75, 3.05) is 13.1 Å². The number of nitrogens with one attached hydrogen (secondary N) is 1. The van der Waals surface area contributed by atoms with E-state index in [9.17, 15) is 4.79 Å². The molecule has 116 valence electrons. The van der Waals surface area contributed by atoms with Crippen LogP contribution in [0, 0.1) is 6.92 Å². The van der Waals surface area contributed by atoms with E-state index in [0.29, 0.717) is 5.76 Å². The van der Waals surface area contributed by atoms with Crippen molar-refractivity contribution in [2.45, 2.75) is 32.4 Å². The Bertz CT molecular complexity index is 621. The Labute approximate surface area is 131 Å². The third kappa shape index (κ3) is 3.57. The second-order valence-corrected chi connectivity index (χ2v) is 5.97. The lowest BCUT2D eigenvalue weighted by Crippen LogP contribution is -2.47. The van der Waals surface area contributed by atoms with Gasteiger partial charge in [-0.15, -0.1) is 0 Å². The molecule has 3 rings (SSSR count). The first kappa shape index (κ1) is 14.9. The predicted molar refractivity (Wildman–Crippen MR) is 85.7 cm³/mol. The van der Waals surface area contributed by atoms with Crippen LogP contribution in [-0.4, -0.2) is 29.9 Å². The van der Waals surface area contributed by atoms with Gasteiger partial charge in [0.2, 0.25) is 0 Å². The van der Waals surface area contributed by atoms with Gasteiger partial charge in [-0.3, -0.25) is 9.69 Å². The molecule has 0 aliphatic carbocycles. The van der Waals surface area contributed by atoms with E-state index in [1.165, 1.54) is 5.56 Å². The summed E-state index contributed by atoms with van der Waals surface area (Å²) in [5, 5.41) is 3.10. The molecule has 1 aromatic carbocycles. The minimum absolute atomic E-state index is 0.103. The third-order valence-electron chi connectivity index (χ3n) is 4.16. The molecule has 1 fully saturated rings. The average molecular weight is 298 g/mol. The number of benzene rings is 1. The number of rotatable bonds is 4. The Morgan fingerprint density at radius 1 is 1.32 bits per heavy atom. The van der Waals surface area contributed by atoms with Crippen LogP contribution in [0.3, 0.4) is 0 Å². The molecule has 0 bridgehead atoms. The zero-order chi connectivity index (χ0) is 15.4. The highest BCUT2D eigenvalue weighted by Gasteiger charge is 2.23. The fourth-order valence-corrected chi connectivity index (χ4v) is 3.01. The van der Waals surface area contributed by atoms with Crippen molar-refractivity contribution in [3.63, 3.8) is 0 Å². The van der Waals surface area contributed by atoms with Gasteiger partial charge in [0.25, 0.3) is 5.91 Å². The normalized spacial score (nSPS) is 19.0. The molecule has 2 heterocycles. The summed E-state index contributed by atoms with van der Waals surface area (Å²) < 4.78 is 5.26. The average Bonchev–Trinajstić information content (AvgIpc) is 2.95. The van der Waals surface area contributed by atoms with E-state index in [0.717, 1.165) is 38.0 Å². The highest BCUT2D eigenvalue weighted by atomic mass is 16.3. The topological polar surface area (TPSA) is 45.5 Å². The minimum atomic E-state index is -0.103. The molecule has 0 radical (unpaired) electrons. The van der Waals surface area contributed by atoms with Crippen LogP contribution in [0.1, 0.15) is 34.5 Å². The molecule has 1 aliphatic heterocycles. The predicted octanol–water partition coefficient (Wildman–Crippen LogP) is 2.98. The van der Waals surface area contributed by atoms with Gasteiger partial charge in [-0.05, 0) is 37.9 Å². The van der Waals surface area contributed by atoms with E-state index in [-0.39, 0.29) is 11.9 Å². The van der Waals surface area contributed by atoms with Crippen LogP contribution in [0.4, 0.5) is 0 Å². The van der Waals surface area contributed by atoms with Crippen molar-refractivity contribution in [1.29, 1.82) is 0 Å². The summed E-state index contributed by atoms with van der Waals surface area (Å²) in [4.78, 5) is 14.6. The van der Waals surface area contributed by atoms with Gasteiger partial charge in [0.05, 0.1) is 6.26 Å². The number of carbonyl (C=O) groups excluding carboxylic acids is 1. The van der Waals surface area contributed by atoms with Crippen LogP contribution < -0.4 is 5.32 Å². The molecular weight excluding hydrogens is 276 g/mol. The maximum Gasteiger partial charge on any atom is 0.287 e. The standard InChI is InChI=1S/C18H22N2O2/c1-14-9-11-22-17(14)18(21)19-16-8-5-10-20(13-16)12-15-6-3-2-4-7-15/h2-4,6-7,9,11,16H,5,8,10,12-13H2,1H3,(H,19,21). The number of piperidine rings is 1. The number of furan rings is 1. The van der Waals surface area contributed by atoms with Crippen LogP contribution in [0.15, 0.2) is 47.1 Å². The van der Waals surface area contributed by atoms with Gasteiger partial charge in [0.15, 0.2) is 5.76 Å². The second kappa shape index (κ2) is 6.79. The molecule has 22 heavy (non-hydrogen) atoms. The lowest BCUT2D eigenvalue weighted by Gasteiger charge is -2.33. The molecule has 1 N–H and O–H groups in total. The molecule has 0 spiro atoms. The van der Waals surface area contributed by atoms with E-state index in [1.807, 2.05) is 19.1 Å². The van der Waals surface area contributed by atoms with Crippen LogP contribution in [0.25, 0.3) is 0 Å². The maximum absolute atomic E-state index is 12.2. The van der Waals surface area contributed by atoms with Crippen molar-refractivity contribution in [3.8, 4) is 0 Å². The largest absolute Gasteiger partial charge is 0.459 e. The van der Waals surface area contributed by atoms with Gasteiger partial charge in [-0.25, -0.2) is 0 Å². The molecule has 1 amide bonds. The molecule has 1 saturated heterocycles. The summed E-state index contributed by atoms with van der Waals surface area (Å²) in [5.74, 6) is 0.328. The van der Waals surface area contributed by atoms with Crippen molar-refractivity contribution in [1.82, 2.24) is 10.2 Å². The Morgan fingerprint density at radius 2 is 2.14 bits per heavy atom. The van der Waals surface area contributed by atoms with Gasteiger partial charge in [-0.1, -0.05) is 30.3 Å². The first-order chi connectivity index (χ1) is 10.7. The molecule has 1 aliphatic rings. The van der Waals surface area contributed by atoms with E-state index in [4.69, 9.17) is 4.42 Å². The summed E-state index contributed by atoms with van der Waals surface area (Å²) in [6.45, 7) is 4.80. The number of hydrogen-bond donors (Lipinski definition) is 1. The molecular formula is C18H22N2O2. The summed E-state index contributed by atoms with van der Waals surface area (Å²) in [6.07, 6.45) is 3.69. The summed E-state index contributed by atoms with van der Waals surface area (Å²) >= 11 is 0. The third-order valence-corrected chi connectivity index (χ3v) is 4.16. The monoisotopic (exact) mass is 298 g/mol. The Kier molecular flexibility index (Phi) is 4.59. The Morgan fingerprint density at radius 3 is 2.86 bits per heavy atom. The Hall–Kier alpha value is -2.07. The van der Waals surface area contributed by atoms with Gasteiger partial charge < -0.3 is 9.73 Å². The maximum atomic E-state index is 12.2. The Balaban J connectivity index is 1.57.